The molecule has 1 aromatic heterocycles. The molecule has 0 aliphatic carbocycles. The van der Waals surface area contributed by atoms with E-state index in [1.165, 1.54) is 11.3 Å². The number of hydrogen-bond donors (Lipinski definition) is 2. The number of piperidine rings is 1. The number of rotatable bonds is 3. The predicted molar refractivity (Wildman–Crippen MR) is 92.3 cm³/mol. The molecule has 2 N–H and O–H groups in total. The highest BCUT2D eigenvalue weighted by Crippen LogP contribution is 2.36. The second-order valence-electron chi connectivity index (χ2n) is 5.83. The summed E-state index contributed by atoms with van der Waals surface area (Å²) in [7, 11) is -3.55. The zero-order valence-electron chi connectivity index (χ0n) is 12.5. The minimum absolute atomic E-state index is 0.0280. The third kappa shape index (κ3) is 3.03. The number of fused-ring (bicyclic) bond motifs is 1. The molecule has 7 heteroatoms. The predicted octanol–water partition coefficient (Wildman–Crippen LogP) is 3.14. The molecule has 22 heavy (non-hydrogen) atoms. The van der Waals surface area contributed by atoms with Gasteiger partial charge in [-0.2, -0.15) is 0 Å². The van der Waals surface area contributed by atoms with E-state index in [0.717, 1.165) is 29.1 Å². The van der Waals surface area contributed by atoms with Crippen molar-refractivity contribution in [2.75, 3.05) is 13.1 Å². The van der Waals surface area contributed by atoms with E-state index in [1.54, 1.807) is 12.1 Å². The summed E-state index contributed by atoms with van der Waals surface area (Å²) in [6.07, 6.45) is 0.808. The van der Waals surface area contributed by atoms with Crippen LogP contribution in [0.1, 0.15) is 18.2 Å². The van der Waals surface area contributed by atoms with Gasteiger partial charge in [0.1, 0.15) is 4.90 Å². The van der Waals surface area contributed by atoms with Crippen LogP contribution >= 0.6 is 22.9 Å². The molecule has 2 atom stereocenters. The van der Waals surface area contributed by atoms with Crippen LogP contribution in [0.2, 0.25) is 5.02 Å². The molecule has 0 spiro atoms. The van der Waals surface area contributed by atoms with Crippen molar-refractivity contribution in [2.45, 2.75) is 31.2 Å². The highest BCUT2D eigenvalue weighted by Gasteiger charge is 2.29. The maximum atomic E-state index is 12.9. The molecule has 0 bridgehead atoms. The fourth-order valence-corrected chi connectivity index (χ4v) is 6.28. The summed E-state index contributed by atoms with van der Waals surface area (Å²) in [6, 6.07) is 5.38. The molecule has 2 unspecified atom stereocenters. The van der Waals surface area contributed by atoms with Crippen molar-refractivity contribution in [2.24, 2.45) is 5.92 Å². The summed E-state index contributed by atoms with van der Waals surface area (Å²) in [6.45, 7) is 5.59. The van der Waals surface area contributed by atoms with Gasteiger partial charge in [0.05, 0.1) is 0 Å². The van der Waals surface area contributed by atoms with Crippen LogP contribution in [0, 0.1) is 12.8 Å². The fourth-order valence-electron chi connectivity index (χ4n) is 2.95. The number of nitrogens with one attached hydrogen (secondary N) is 2. The Morgan fingerprint density at radius 3 is 2.91 bits per heavy atom. The molecule has 3 rings (SSSR count). The van der Waals surface area contributed by atoms with E-state index in [2.05, 4.69) is 17.0 Å². The molecule has 0 radical (unpaired) electrons. The highest BCUT2D eigenvalue weighted by molar-refractivity contribution is 7.90. The summed E-state index contributed by atoms with van der Waals surface area (Å²) in [5.41, 5.74) is 0. The van der Waals surface area contributed by atoms with Crippen LogP contribution in [-0.2, 0) is 10.0 Å². The summed E-state index contributed by atoms with van der Waals surface area (Å²) >= 11 is 7.53. The first-order valence-corrected chi connectivity index (χ1v) is 9.98. The van der Waals surface area contributed by atoms with Crippen molar-refractivity contribution in [3.63, 3.8) is 0 Å². The van der Waals surface area contributed by atoms with Gasteiger partial charge in [0.25, 0.3) is 0 Å². The molecule has 0 amide bonds. The Bertz CT molecular complexity index is 801. The standard InChI is InChI=1S/C15H19ClN2O2S2/c1-9-8-17-6-5-13(9)18-22(19,20)15-10(2)21-14-4-3-11(16)7-12(14)15/h3-4,7,9,13,17-18H,5-6,8H2,1-2H3. The Balaban J connectivity index is 2.01. The lowest BCUT2D eigenvalue weighted by Crippen LogP contribution is -2.48. The quantitative estimate of drug-likeness (QED) is 0.886. The first kappa shape index (κ1) is 16.2. The molecule has 1 saturated heterocycles. The average Bonchev–Trinajstić information content (AvgIpc) is 2.77. The molecular weight excluding hydrogens is 340 g/mol. The summed E-state index contributed by atoms with van der Waals surface area (Å²) < 4.78 is 29.6. The Morgan fingerprint density at radius 2 is 2.18 bits per heavy atom. The largest absolute Gasteiger partial charge is 0.316 e. The normalized spacial score (nSPS) is 23.0. The van der Waals surface area contributed by atoms with Crippen molar-refractivity contribution < 1.29 is 8.42 Å². The molecule has 1 aromatic carbocycles. The van der Waals surface area contributed by atoms with Crippen molar-refractivity contribution in [3.8, 4) is 0 Å². The SMILES string of the molecule is Cc1sc2ccc(Cl)cc2c1S(=O)(=O)NC1CCNCC1C. The molecule has 1 aliphatic rings. The lowest BCUT2D eigenvalue weighted by molar-refractivity contribution is 0.328. The van der Waals surface area contributed by atoms with Crippen LogP contribution < -0.4 is 10.0 Å². The van der Waals surface area contributed by atoms with Crippen LogP contribution in [0.5, 0.6) is 0 Å². The first-order valence-electron chi connectivity index (χ1n) is 7.30. The third-order valence-electron chi connectivity index (χ3n) is 4.13. The number of sulfonamides is 1. The Labute approximate surface area is 139 Å². The second-order valence-corrected chi connectivity index (χ2v) is 9.17. The van der Waals surface area contributed by atoms with Crippen molar-refractivity contribution in [1.82, 2.24) is 10.0 Å². The van der Waals surface area contributed by atoms with Crippen LogP contribution in [-0.4, -0.2) is 27.5 Å². The van der Waals surface area contributed by atoms with Crippen molar-refractivity contribution in [3.05, 3.63) is 28.1 Å². The van der Waals surface area contributed by atoms with Crippen LogP contribution in [0.3, 0.4) is 0 Å². The lowest BCUT2D eigenvalue weighted by Gasteiger charge is -2.30. The van der Waals surface area contributed by atoms with Gasteiger partial charge >= 0.3 is 0 Å². The number of thiophene rings is 1. The number of halogens is 1. The second kappa shape index (κ2) is 6.09. The molecule has 1 aliphatic heterocycles. The Hall–Kier alpha value is -0.660. The molecule has 4 nitrogen and oxygen atoms in total. The van der Waals surface area contributed by atoms with Gasteiger partial charge in [-0.3, -0.25) is 0 Å². The zero-order valence-corrected chi connectivity index (χ0v) is 14.9. The highest BCUT2D eigenvalue weighted by atomic mass is 35.5. The molecule has 1 fully saturated rings. The molecular formula is C15H19ClN2O2S2. The number of hydrogen-bond acceptors (Lipinski definition) is 4. The first-order chi connectivity index (χ1) is 10.4. The van der Waals surface area contributed by atoms with Crippen molar-refractivity contribution >= 4 is 43.0 Å². The van der Waals surface area contributed by atoms with Gasteiger partial charge in [0, 0.05) is 26.0 Å². The molecule has 2 heterocycles. The van der Waals surface area contributed by atoms with Gasteiger partial charge in [-0.1, -0.05) is 18.5 Å². The zero-order chi connectivity index (χ0) is 15.9. The van der Waals surface area contributed by atoms with Crippen LogP contribution in [0.25, 0.3) is 10.1 Å². The van der Waals surface area contributed by atoms with Gasteiger partial charge < -0.3 is 5.32 Å². The van der Waals surface area contributed by atoms with E-state index >= 15 is 0 Å². The monoisotopic (exact) mass is 358 g/mol. The van der Waals surface area contributed by atoms with E-state index in [-0.39, 0.29) is 12.0 Å². The maximum absolute atomic E-state index is 12.9. The minimum atomic E-state index is -3.55. The molecule has 0 saturated carbocycles. The number of aryl methyl sites for hydroxylation is 1. The summed E-state index contributed by atoms with van der Waals surface area (Å²) in [4.78, 5) is 1.17. The van der Waals surface area contributed by atoms with E-state index in [9.17, 15) is 8.42 Å². The molecule has 2 aromatic rings. The van der Waals surface area contributed by atoms with Gasteiger partial charge in [0.2, 0.25) is 10.0 Å². The Morgan fingerprint density at radius 1 is 1.41 bits per heavy atom. The van der Waals surface area contributed by atoms with Gasteiger partial charge in [0.15, 0.2) is 0 Å². The minimum Gasteiger partial charge on any atom is -0.316 e. The van der Waals surface area contributed by atoms with Gasteiger partial charge in [-0.05, 0) is 50.6 Å². The van der Waals surface area contributed by atoms with E-state index in [4.69, 9.17) is 11.6 Å². The molecule has 120 valence electrons. The summed E-state index contributed by atoms with van der Waals surface area (Å²) in [5, 5.41) is 4.55. The van der Waals surface area contributed by atoms with E-state index in [1.807, 2.05) is 13.0 Å². The fraction of sp³-hybridized carbons (Fsp3) is 0.467. The smallest absolute Gasteiger partial charge is 0.242 e. The van der Waals surface area contributed by atoms with E-state index in [0.29, 0.717) is 15.3 Å². The van der Waals surface area contributed by atoms with Gasteiger partial charge in [-0.15, -0.1) is 11.3 Å². The average molecular weight is 359 g/mol. The third-order valence-corrected chi connectivity index (χ3v) is 7.26. The lowest BCUT2D eigenvalue weighted by atomic mass is 9.97. The maximum Gasteiger partial charge on any atom is 0.242 e. The topological polar surface area (TPSA) is 58.2 Å². The van der Waals surface area contributed by atoms with E-state index < -0.39 is 10.0 Å². The Kier molecular flexibility index (Phi) is 4.49. The number of benzene rings is 1. The summed E-state index contributed by atoms with van der Waals surface area (Å²) in [5.74, 6) is 0.275. The van der Waals surface area contributed by atoms with Crippen LogP contribution in [0.15, 0.2) is 23.1 Å². The van der Waals surface area contributed by atoms with Crippen LogP contribution in [0.4, 0.5) is 0 Å². The van der Waals surface area contributed by atoms with Crippen molar-refractivity contribution in [1.29, 1.82) is 0 Å². The van der Waals surface area contributed by atoms with Gasteiger partial charge in [-0.25, -0.2) is 13.1 Å².